The lowest BCUT2D eigenvalue weighted by molar-refractivity contribution is 0.311. The van der Waals surface area contributed by atoms with Crippen LogP contribution in [0.2, 0.25) is 0 Å². The summed E-state index contributed by atoms with van der Waals surface area (Å²) in [6.07, 6.45) is 2.54. The van der Waals surface area contributed by atoms with Gasteiger partial charge in [0.25, 0.3) is 0 Å². The van der Waals surface area contributed by atoms with E-state index in [1.165, 1.54) is 0 Å². The molecule has 0 unspecified atom stereocenters. The van der Waals surface area contributed by atoms with Crippen LogP contribution in [0.1, 0.15) is 27.2 Å². The molecule has 0 aromatic carbocycles. The molecule has 0 aliphatic heterocycles. The standard InChI is InChI=1S/C8H15NO.H4Si/c1-5-7(9-10)8(3,4)6-2;/h6,10H,2,5H2,1,3-4H3;1H4/b9-7+;. The van der Waals surface area contributed by atoms with Crippen molar-refractivity contribution in [3.63, 3.8) is 0 Å². The van der Waals surface area contributed by atoms with E-state index in [1.54, 1.807) is 6.08 Å². The third kappa shape index (κ3) is 3.37. The first-order valence-corrected chi connectivity index (χ1v) is 3.43. The van der Waals surface area contributed by atoms with E-state index in [0.717, 1.165) is 12.1 Å². The maximum Gasteiger partial charge on any atom is 0.0661 e. The van der Waals surface area contributed by atoms with Crippen LogP contribution in [0.5, 0.6) is 0 Å². The van der Waals surface area contributed by atoms with Gasteiger partial charge in [0, 0.05) is 5.41 Å². The van der Waals surface area contributed by atoms with E-state index >= 15 is 0 Å². The molecule has 0 spiro atoms. The largest absolute Gasteiger partial charge is 0.411 e. The topological polar surface area (TPSA) is 32.6 Å². The van der Waals surface area contributed by atoms with Gasteiger partial charge >= 0.3 is 0 Å². The van der Waals surface area contributed by atoms with Crippen LogP contribution in [0.3, 0.4) is 0 Å². The Balaban J connectivity index is 0. The lowest BCUT2D eigenvalue weighted by atomic mass is 9.86. The fourth-order valence-corrected chi connectivity index (χ4v) is 0.773. The number of oxime groups is 1. The zero-order chi connectivity index (χ0) is 8.20. The summed E-state index contributed by atoms with van der Waals surface area (Å²) in [7, 11) is 0. The normalized spacial score (nSPS) is 12.1. The summed E-state index contributed by atoms with van der Waals surface area (Å²) in [4.78, 5) is 0. The Labute approximate surface area is 73.0 Å². The van der Waals surface area contributed by atoms with Crippen molar-refractivity contribution in [3.05, 3.63) is 12.7 Å². The van der Waals surface area contributed by atoms with Gasteiger partial charge in [0.15, 0.2) is 0 Å². The van der Waals surface area contributed by atoms with E-state index in [4.69, 9.17) is 5.21 Å². The molecule has 0 aliphatic carbocycles. The molecule has 1 N–H and O–H groups in total. The van der Waals surface area contributed by atoms with Gasteiger partial charge in [-0.2, -0.15) is 0 Å². The third-order valence-electron chi connectivity index (χ3n) is 1.71. The Hall–Kier alpha value is -0.573. The van der Waals surface area contributed by atoms with Crippen molar-refractivity contribution in [3.8, 4) is 0 Å². The van der Waals surface area contributed by atoms with E-state index in [0.29, 0.717) is 0 Å². The highest BCUT2D eigenvalue weighted by Gasteiger charge is 2.19. The summed E-state index contributed by atoms with van der Waals surface area (Å²) in [5, 5.41) is 11.7. The highest BCUT2D eigenvalue weighted by Crippen LogP contribution is 2.20. The molecule has 0 aliphatic rings. The molecule has 11 heavy (non-hydrogen) atoms. The molecule has 0 aromatic rings. The number of allylic oxidation sites excluding steroid dienone is 1. The van der Waals surface area contributed by atoms with Gasteiger partial charge in [0.05, 0.1) is 5.71 Å². The zero-order valence-electron chi connectivity index (χ0n) is 6.89. The fraction of sp³-hybridized carbons (Fsp3) is 0.625. The maximum atomic E-state index is 8.53. The first-order chi connectivity index (χ1) is 4.58. The first kappa shape index (κ1) is 13.0. The molecule has 0 bridgehead atoms. The van der Waals surface area contributed by atoms with Crippen LogP contribution in [0.15, 0.2) is 17.8 Å². The van der Waals surface area contributed by atoms with Gasteiger partial charge in [0.1, 0.15) is 0 Å². The number of hydrogen-bond donors (Lipinski definition) is 1. The lowest BCUT2D eigenvalue weighted by Gasteiger charge is -2.19. The van der Waals surface area contributed by atoms with E-state index < -0.39 is 0 Å². The molecular formula is C8H19NOSi. The summed E-state index contributed by atoms with van der Waals surface area (Å²) in [6.45, 7) is 9.56. The van der Waals surface area contributed by atoms with Crippen LogP contribution < -0.4 is 0 Å². The molecule has 0 heterocycles. The predicted octanol–water partition coefficient (Wildman–Crippen LogP) is 0.987. The molecule has 0 aromatic heterocycles. The lowest BCUT2D eigenvalue weighted by Crippen LogP contribution is -2.20. The molecule has 0 atom stereocenters. The Bertz CT molecular complexity index is 152. The van der Waals surface area contributed by atoms with Crippen LogP contribution in [-0.2, 0) is 0 Å². The van der Waals surface area contributed by atoms with Crippen molar-refractivity contribution in [2.24, 2.45) is 10.6 Å². The van der Waals surface area contributed by atoms with Gasteiger partial charge in [-0.05, 0) is 17.4 Å². The van der Waals surface area contributed by atoms with Gasteiger partial charge in [0.2, 0.25) is 0 Å². The number of nitrogens with zero attached hydrogens (tertiary/aromatic N) is 1. The molecule has 0 saturated heterocycles. The molecule has 3 heteroatoms. The van der Waals surface area contributed by atoms with E-state index in [9.17, 15) is 0 Å². The number of hydrogen-bond acceptors (Lipinski definition) is 2. The summed E-state index contributed by atoms with van der Waals surface area (Å²) in [5.41, 5.74) is 0.589. The molecular weight excluding hydrogens is 154 g/mol. The van der Waals surface area contributed by atoms with Crippen LogP contribution in [-0.4, -0.2) is 21.9 Å². The van der Waals surface area contributed by atoms with Gasteiger partial charge in [-0.25, -0.2) is 0 Å². The van der Waals surface area contributed by atoms with E-state index in [2.05, 4.69) is 11.7 Å². The van der Waals surface area contributed by atoms with Crippen LogP contribution >= 0.6 is 0 Å². The summed E-state index contributed by atoms with van der Waals surface area (Å²) in [5.74, 6) is 0. The molecule has 0 fully saturated rings. The first-order valence-electron chi connectivity index (χ1n) is 3.43. The smallest absolute Gasteiger partial charge is 0.0661 e. The average molecular weight is 173 g/mol. The maximum absolute atomic E-state index is 8.53. The monoisotopic (exact) mass is 173 g/mol. The molecule has 0 saturated carbocycles. The van der Waals surface area contributed by atoms with Gasteiger partial charge in [-0.15, -0.1) is 6.58 Å². The second-order valence-corrected chi connectivity index (χ2v) is 2.83. The Kier molecular flexibility index (Phi) is 6.08. The van der Waals surface area contributed by atoms with Crippen molar-refractivity contribution in [2.45, 2.75) is 27.2 Å². The van der Waals surface area contributed by atoms with Gasteiger partial charge < -0.3 is 5.21 Å². The molecule has 2 nitrogen and oxygen atoms in total. The van der Waals surface area contributed by atoms with Crippen molar-refractivity contribution in [1.82, 2.24) is 0 Å². The Morgan fingerprint density at radius 2 is 2.09 bits per heavy atom. The SMILES string of the molecule is C=CC(C)(C)/C(CC)=N/O.[SiH4]. The van der Waals surface area contributed by atoms with E-state index in [-0.39, 0.29) is 16.4 Å². The average Bonchev–Trinajstić information content (AvgIpc) is 1.90. The molecule has 66 valence electrons. The molecule has 0 amide bonds. The summed E-state index contributed by atoms with van der Waals surface area (Å²) >= 11 is 0. The zero-order valence-corrected chi connectivity index (χ0v) is 6.89. The minimum absolute atomic E-state index is 0. The molecule has 0 rings (SSSR count). The van der Waals surface area contributed by atoms with Crippen LogP contribution in [0.25, 0.3) is 0 Å². The fourth-order valence-electron chi connectivity index (χ4n) is 0.773. The second kappa shape index (κ2) is 5.13. The predicted molar refractivity (Wildman–Crippen MR) is 54.8 cm³/mol. The minimum atomic E-state index is -0.177. The van der Waals surface area contributed by atoms with Crippen molar-refractivity contribution in [1.29, 1.82) is 0 Å². The van der Waals surface area contributed by atoms with Gasteiger partial charge in [-0.1, -0.05) is 32.0 Å². The minimum Gasteiger partial charge on any atom is -0.411 e. The Morgan fingerprint density at radius 1 is 1.64 bits per heavy atom. The second-order valence-electron chi connectivity index (χ2n) is 2.83. The Morgan fingerprint density at radius 3 is 2.18 bits per heavy atom. The number of rotatable bonds is 3. The van der Waals surface area contributed by atoms with Crippen molar-refractivity contribution in [2.75, 3.05) is 0 Å². The van der Waals surface area contributed by atoms with Crippen molar-refractivity contribution >= 4 is 16.7 Å². The van der Waals surface area contributed by atoms with E-state index in [1.807, 2.05) is 20.8 Å². The molecule has 0 radical (unpaired) electrons. The quantitative estimate of drug-likeness (QED) is 0.223. The van der Waals surface area contributed by atoms with Gasteiger partial charge in [-0.3, -0.25) is 0 Å². The third-order valence-corrected chi connectivity index (χ3v) is 1.71. The summed E-state index contributed by atoms with van der Waals surface area (Å²) < 4.78 is 0. The highest BCUT2D eigenvalue weighted by atomic mass is 28.1. The van der Waals surface area contributed by atoms with Crippen molar-refractivity contribution < 1.29 is 5.21 Å². The summed E-state index contributed by atoms with van der Waals surface area (Å²) in [6, 6.07) is 0. The van der Waals surface area contributed by atoms with Crippen LogP contribution in [0.4, 0.5) is 0 Å². The highest BCUT2D eigenvalue weighted by molar-refractivity contribution is 5.90. The van der Waals surface area contributed by atoms with Crippen LogP contribution in [0, 0.1) is 5.41 Å².